The number of carbonyl (C=O) groups excluding carboxylic acids is 2. The number of ether oxygens (including phenoxy) is 2. The van der Waals surface area contributed by atoms with Crippen LogP contribution in [-0.2, 0) is 19.7 Å². The highest BCUT2D eigenvalue weighted by atomic mass is 16.5. The summed E-state index contributed by atoms with van der Waals surface area (Å²) in [4.78, 5) is 30.9. The molecule has 3 saturated heterocycles. The van der Waals surface area contributed by atoms with Gasteiger partial charge in [0, 0.05) is 31.7 Å². The Hall–Kier alpha value is -2.12. The molecule has 0 aromatic heterocycles. The third kappa shape index (κ3) is 2.39. The van der Waals surface area contributed by atoms with E-state index in [4.69, 9.17) is 9.47 Å². The number of aromatic hydroxyl groups is 1. The van der Waals surface area contributed by atoms with Crippen molar-refractivity contribution in [3.8, 4) is 11.5 Å². The van der Waals surface area contributed by atoms with Crippen LogP contribution in [0.25, 0.3) is 0 Å². The van der Waals surface area contributed by atoms with E-state index >= 15 is 0 Å². The van der Waals surface area contributed by atoms with Gasteiger partial charge in [0.05, 0.1) is 37.0 Å². The fourth-order valence-electron chi connectivity index (χ4n) is 6.80. The van der Waals surface area contributed by atoms with E-state index in [1.165, 1.54) is 14.0 Å². The summed E-state index contributed by atoms with van der Waals surface area (Å²) in [5.41, 5.74) is 0.383. The van der Waals surface area contributed by atoms with Crippen molar-refractivity contribution in [1.82, 2.24) is 4.90 Å². The molecule has 1 amide bonds. The highest BCUT2D eigenvalue weighted by molar-refractivity contribution is 6.06. The van der Waals surface area contributed by atoms with Gasteiger partial charge in [-0.3, -0.25) is 9.59 Å². The first kappa shape index (κ1) is 19.8. The van der Waals surface area contributed by atoms with Gasteiger partial charge in [0.2, 0.25) is 5.91 Å². The molecule has 7 nitrogen and oxygen atoms in total. The van der Waals surface area contributed by atoms with Gasteiger partial charge >= 0.3 is 0 Å². The van der Waals surface area contributed by atoms with Crippen molar-refractivity contribution in [3.63, 3.8) is 0 Å². The maximum absolute atomic E-state index is 13.9. The number of amides is 1. The molecule has 6 atom stereocenters. The Morgan fingerprint density at radius 2 is 2.07 bits per heavy atom. The molecular weight excluding hydrogens is 384 g/mol. The number of carbonyl (C=O) groups is 2. The van der Waals surface area contributed by atoms with Crippen molar-refractivity contribution in [2.45, 2.75) is 44.2 Å². The van der Waals surface area contributed by atoms with E-state index in [2.05, 4.69) is 18.9 Å². The SMILES string of the molecule is COc1ccc2c(c1O)N(C(C)=O)[C@H]1[C@@H]3CO[C@H](C)[C@@H]4CN(C)CC[C@]21C(=O)C[C@H]34. The predicted octanol–water partition coefficient (Wildman–Crippen LogP) is 1.95. The van der Waals surface area contributed by atoms with Gasteiger partial charge in [0.25, 0.3) is 0 Å². The highest BCUT2D eigenvalue weighted by Crippen LogP contribution is 2.61. The molecule has 1 spiro atoms. The number of phenols is 1. The summed E-state index contributed by atoms with van der Waals surface area (Å²) < 4.78 is 11.5. The van der Waals surface area contributed by atoms with Gasteiger partial charge in [-0.25, -0.2) is 0 Å². The lowest BCUT2D eigenvalue weighted by Crippen LogP contribution is -2.64. The summed E-state index contributed by atoms with van der Waals surface area (Å²) in [6.07, 6.45) is 1.21. The van der Waals surface area contributed by atoms with E-state index < -0.39 is 5.41 Å². The summed E-state index contributed by atoms with van der Waals surface area (Å²) in [7, 11) is 3.59. The largest absolute Gasteiger partial charge is 0.503 e. The second kappa shape index (κ2) is 6.69. The summed E-state index contributed by atoms with van der Waals surface area (Å²) in [5.74, 6) is 0.746. The molecule has 5 aliphatic rings. The second-order valence-corrected chi connectivity index (χ2v) is 9.49. The summed E-state index contributed by atoms with van der Waals surface area (Å²) in [6, 6.07) is 3.25. The van der Waals surface area contributed by atoms with Crippen LogP contribution in [0.2, 0.25) is 0 Å². The topological polar surface area (TPSA) is 79.3 Å². The van der Waals surface area contributed by atoms with E-state index in [9.17, 15) is 14.7 Å². The van der Waals surface area contributed by atoms with Crippen LogP contribution < -0.4 is 9.64 Å². The zero-order chi connectivity index (χ0) is 21.4. The summed E-state index contributed by atoms with van der Waals surface area (Å²) in [5, 5.41) is 11.0. The number of rotatable bonds is 1. The second-order valence-electron chi connectivity index (χ2n) is 9.49. The minimum absolute atomic E-state index is 0.0529. The number of Topliss-reactive ketones (excluding diaryl/α,β-unsaturated/α-hetero) is 1. The van der Waals surface area contributed by atoms with Crippen LogP contribution in [0.1, 0.15) is 32.3 Å². The molecular formula is C23H30N2O5. The van der Waals surface area contributed by atoms with Gasteiger partial charge in [-0.15, -0.1) is 0 Å². The molecule has 1 aromatic carbocycles. The third-order valence-electron chi connectivity index (χ3n) is 8.17. The Labute approximate surface area is 176 Å². The maximum Gasteiger partial charge on any atom is 0.224 e. The smallest absolute Gasteiger partial charge is 0.224 e. The van der Waals surface area contributed by atoms with Crippen molar-refractivity contribution in [3.05, 3.63) is 17.7 Å². The van der Waals surface area contributed by atoms with Crippen LogP contribution in [0.4, 0.5) is 5.69 Å². The van der Waals surface area contributed by atoms with Crippen LogP contribution in [0.3, 0.4) is 0 Å². The highest BCUT2D eigenvalue weighted by Gasteiger charge is 2.66. The third-order valence-corrected chi connectivity index (χ3v) is 8.17. The molecule has 1 aliphatic carbocycles. The predicted molar refractivity (Wildman–Crippen MR) is 111 cm³/mol. The zero-order valence-electron chi connectivity index (χ0n) is 18.1. The van der Waals surface area contributed by atoms with E-state index in [-0.39, 0.29) is 47.3 Å². The van der Waals surface area contributed by atoms with Crippen LogP contribution in [0, 0.1) is 17.8 Å². The quantitative estimate of drug-likeness (QED) is 0.757. The van der Waals surface area contributed by atoms with Crippen molar-refractivity contribution < 1.29 is 24.2 Å². The molecule has 0 radical (unpaired) electrons. The Balaban J connectivity index is 1.78. The Kier molecular flexibility index (Phi) is 4.42. The van der Waals surface area contributed by atoms with Gasteiger partial charge < -0.3 is 24.4 Å². The number of methoxy groups -OCH3 is 1. The maximum atomic E-state index is 13.9. The molecule has 1 aromatic rings. The first-order valence-electron chi connectivity index (χ1n) is 10.8. The Morgan fingerprint density at radius 1 is 1.30 bits per heavy atom. The van der Waals surface area contributed by atoms with Crippen molar-refractivity contribution in [2.24, 2.45) is 17.8 Å². The minimum atomic E-state index is -0.820. The van der Waals surface area contributed by atoms with Crippen LogP contribution in [0.15, 0.2) is 12.1 Å². The molecule has 6 rings (SSSR count). The molecule has 30 heavy (non-hydrogen) atoms. The molecule has 4 aliphatic heterocycles. The number of hydrogen-bond donors (Lipinski definition) is 1. The average Bonchev–Trinajstić information content (AvgIpc) is 3.05. The fraction of sp³-hybridized carbons (Fsp3) is 0.652. The molecule has 7 heteroatoms. The first-order chi connectivity index (χ1) is 14.3. The molecule has 4 bridgehead atoms. The first-order valence-corrected chi connectivity index (χ1v) is 10.8. The lowest BCUT2D eigenvalue weighted by atomic mass is 9.55. The lowest BCUT2D eigenvalue weighted by Gasteiger charge is -2.53. The van der Waals surface area contributed by atoms with Gasteiger partial charge in [0.1, 0.15) is 5.78 Å². The standard InChI is InChI=1S/C23H30N2O5/c1-12-15-10-24(3)8-7-23-17-5-6-18(29-4)21(28)20(17)25(13(2)26)22(23)16(11-30-12)14(15)9-19(23)27/h5-6,12,14-16,22,28H,7-11H2,1-4H3/t12-,14+,15+,16-,22+,23-/m1/s1. The Bertz CT molecular complexity index is 917. The molecule has 162 valence electrons. The lowest BCUT2D eigenvalue weighted by molar-refractivity contribution is -0.146. The van der Waals surface area contributed by atoms with Crippen molar-refractivity contribution >= 4 is 17.4 Å². The average molecular weight is 415 g/mol. The minimum Gasteiger partial charge on any atom is -0.503 e. The van der Waals surface area contributed by atoms with Gasteiger partial charge in [0.15, 0.2) is 11.5 Å². The Morgan fingerprint density at radius 3 is 2.77 bits per heavy atom. The van der Waals surface area contributed by atoms with Gasteiger partial charge in [-0.05, 0) is 44.5 Å². The number of benzene rings is 1. The molecule has 0 unspecified atom stereocenters. The van der Waals surface area contributed by atoms with Crippen LogP contribution >= 0.6 is 0 Å². The monoisotopic (exact) mass is 414 g/mol. The molecule has 4 heterocycles. The van der Waals surface area contributed by atoms with E-state index in [0.29, 0.717) is 30.9 Å². The van der Waals surface area contributed by atoms with Crippen LogP contribution in [0.5, 0.6) is 11.5 Å². The summed E-state index contributed by atoms with van der Waals surface area (Å²) >= 11 is 0. The zero-order valence-corrected chi connectivity index (χ0v) is 18.1. The number of anilines is 1. The van der Waals surface area contributed by atoms with Crippen molar-refractivity contribution in [1.29, 1.82) is 0 Å². The number of ketones is 1. The van der Waals surface area contributed by atoms with Gasteiger partial charge in [-0.2, -0.15) is 0 Å². The van der Waals surface area contributed by atoms with Crippen molar-refractivity contribution in [2.75, 3.05) is 38.8 Å². The normalized spacial score (nSPS) is 37.8. The van der Waals surface area contributed by atoms with E-state index in [0.717, 1.165) is 18.7 Å². The van der Waals surface area contributed by atoms with Gasteiger partial charge in [-0.1, -0.05) is 6.07 Å². The van der Waals surface area contributed by atoms with Crippen LogP contribution in [-0.4, -0.2) is 67.7 Å². The number of hydrogen-bond acceptors (Lipinski definition) is 6. The number of phenolic OH excluding ortho intramolecular Hbond substituents is 1. The number of fused-ring (bicyclic) bond motifs is 5. The number of nitrogens with zero attached hydrogens (tertiary/aromatic N) is 2. The molecule has 1 saturated carbocycles. The molecule has 1 N–H and O–H groups in total. The molecule has 4 fully saturated rings. The van der Waals surface area contributed by atoms with E-state index in [1.807, 2.05) is 6.07 Å². The summed E-state index contributed by atoms with van der Waals surface area (Å²) in [6.45, 7) is 5.79. The fourth-order valence-corrected chi connectivity index (χ4v) is 6.80. The van der Waals surface area contributed by atoms with E-state index in [1.54, 1.807) is 11.0 Å².